The van der Waals surface area contributed by atoms with Crippen molar-refractivity contribution in [1.82, 2.24) is 4.90 Å². The number of hydrogen-bond donors (Lipinski definition) is 0. The van der Waals surface area contributed by atoms with E-state index >= 15 is 0 Å². The van der Waals surface area contributed by atoms with Crippen molar-refractivity contribution in [3.8, 4) is 0 Å². The summed E-state index contributed by atoms with van der Waals surface area (Å²) in [7, 11) is 2.02. The number of thioether (sulfide) groups is 1. The van der Waals surface area contributed by atoms with Gasteiger partial charge in [0.1, 0.15) is 5.04 Å². The minimum atomic E-state index is -0.463. The van der Waals surface area contributed by atoms with Crippen LogP contribution in [-0.4, -0.2) is 34.5 Å². The second kappa shape index (κ2) is 7.17. The highest BCUT2D eigenvalue weighted by Gasteiger charge is 2.35. The first-order valence-corrected chi connectivity index (χ1v) is 9.15. The molecular weight excluding hydrogens is 346 g/mol. The van der Waals surface area contributed by atoms with Crippen LogP contribution in [0.5, 0.6) is 0 Å². The highest BCUT2D eigenvalue weighted by molar-refractivity contribution is 8.28. The lowest BCUT2D eigenvalue weighted by molar-refractivity contribution is 0.0518. The molecule has 0 spiro atoms. The maximum atomic E-state index is 12.1. The molecule has 0 fully saturated rings. The van der Waals surface area contributed by atoms with E-state index in [1.54, 1.807) is 24.3 Å². The number of hydrogen-bond acceptors (Lipinski definition) is 6. The van der Waals surface area contributed by atoms with Gasteiger partial charge in [-0.3, -0.25) is 0 Å². The van der Waals surface area contributed by atoms with Crippen LogP contribution in [0.2, 0.25) is 0 Å². The zero-order valence-electron chi connectivity index (χ0n) is 14.3. The van der Waals surface area contributed by atoms with E-state index in [4.69, 9.17) is 9.83 Å². The smallest absolute Gasteiger partial charge is 0.365 e. The summed E-state index contributed by atoms with van der Waals surface area (Å²) in [5.41, 5.74) is 3.55. The molecule has 5 nitrogen and oxygen atoms in total. The van der Waals surface area contributed by atoms with Crippen molar-refractivity contribution in [2.75, 3.05) is 13.6 Å². The maximum Gasteiger partial charge on any atom is 0.365 e. The van der Waals surface area contributed by atoms with Crippen molar-refractivity contribution in [3.63, 3.8) is 0 Å². The Morgan fingerprint density at radius 3 is 2.46 bits per heavy atom. The van der Waals surface area contributed by atoms with E-state index in [0.29, 0.717) is 10.6 Å². The van der Waals surface area contributed by atoms with E-state index in [2.05, 4.69) is 10.1 Å². The SMILES string of the molecule is CN1CCC2=C1/C(=N\OC(=O)c1ccccc1)SC2=Nc1ccccc1. The fourth-order valence-electron chi connectivity index (χ4n) is 2.92. The fraction of sp³-hybridized carbons (Fsp3) is 0.150. The van der Waals surface area contributed by atoms with Crippen molar-refractivity contribution in [2.45, 2.75) is 6.42 Å². The molecule has 0 N–H and O–H groups in total. The highest BCUT2D eigenvalue weighted by Crippen LogP contribution is 2.39. The Kier molecular flexibility index (Phi) is 4.58. The Hall–Kier alpha value is -2.86. The molecule has 2 aromatic carbocycles. The Balaban J connectivity index is 1.59. The van der Waals surface area contributed by atoms with Crippen LogP contribution in [0.4, 0.5) is 5.69 Å². The van der Waals surface area contributed by atoms with Gasteiger partial charge in [-0.05, 0) is 42.4 Å². The third-order valence-electron chi connectivity index (χ3n) is 4.23. The van der Waals surface area contributed by atoms with Crippen LogP contribution >= 0.6 is 11.8 Å². The molecule has 0 saturated heterocycles. The third-order valence-corrected chi connectivity index (χ3v) is 5.22. The Bertz CT molecular complexity index is 921. The van der Waals surface area contributed by atoms with Gasteiger partial charge in [-0.25, -0.2) is 9.79 Å². The number of nitrogens with zero attached hydrogens (tertiary/aromatic N) is 3. The van der Waals surface area contributed by atoms with E-state index in [-0.39, 0.29) is 0 Å². The first-order valence-electron chi connectivity index (χ1n) is 8.33. The van der Waals surface area contributed by atoms with E-state index in [1.807, 2.05) is 43.4 Å². The van der Waals surface area contributed by atoms with Gasteiger partial charge in [0.25, 0.3) is 0 Å². The highest BCUT2D eigenvalue weighted by atomic mass is 32.2. The lowest BCUT2D eigenvalue weighted by Gasteiger charge is -2.14. The zero-order chi connectivity index (χ0) is 17.9. The molecule has 0 saturated carbocycles. The number of carbonyl (C=O) groups excluding carboxylic acids is 1. The molecule has 0 amide bonds. The summed E-state index contributed by atoms with van der Waals surface area (Å²) in [6, 6.07) is 18.7. The Labute approximate surface area is 156 Å². The lowest BCUT2D eigenvalue weighted by Crippen LogP contribution is -2.17. The van der Waals surface area contributed by atoms with Gasteiger partial charge < -0.3 is 9.74 Å². The summed E-state index contributed by atoms with van der Waals surface area (Å²) in [4.78, 5) is 24.2. The average Bonchev–Trinajstić information content (AvgIpc) is 3.23. The molecule has 0 atom stereocenters. The van der Waals surface area contributed by atoms with Crippen molar-refractivity contribution in [3.05, 3.63) is 77.5 Å². The molecule has 0 aromatic heterocycles. The number of carbonyl (C=O) groups is 1. The molecule has 26 heavy (non-hydrogen) atoms. The summed E-state index contributed by atoms with van der Waals surface area (Å²) in [6.45, 7) is 0.907. The summed E-state index contributed by atoms with van der Waals surface area (Å²) < 4.78 is 0. The molecule has 0 radical (unpaired) electrons. The van der Waals surface area contributed by atoms with Crippen LogP contribution in [0.15, 0.2) is 82.1 Å². The van der Waals surface area contributed by atoms with Crippen LogP contribution in [-0.2, 0) is 4.84 Å². The number of benzene rings is 2. The van der Waals surface area contributed by atoms with Gasteiger partial charge in [0.2, 0.25) is 0 Å². The van der Waals surface area contributed by atoms with Gasteiger partial charge in [-0.2, -0.15) is 0 Å². The van der Waals surface area contributed by atoms with Crippen molar-refractivity contribution in [1.29, 1.82) is 0 Å². The molecule has 2 aromatic rings. The minimum absolute atomic E-state index is 0.463. The van der Waals surface area contributed by atoms with Gasteiger partial charge in [0, 0.05) is 19.2 Å². The molecule has 4 rings (SSSR count). The zero-order valence-corrected chi connectivity index (χ0v) is 15.1. The summed E-state index contributed by atoms with van der Waals surface area (Å²) in [6.07, 6.45) is 0.913. The van der Waals surface area contributed by atoms with E-state index < -0.39 is 5.97 Å². The largest absolute Gasteiger partial charge is 0.372 e. The summed E-state index contributed by atoms with van der Waals surface area (Å²) in [5, 5.41) is 5.74. The fourth-order valence-corrected chi connectivity index (χ4v) is 4.03. The van der Waals surface area contributed by atoms with Crippen molar-refractivity contribution in [2.24, 2.45) is 10.1 Å². The Morgan fingerprint density at radius 1 is 1.04 bits per heavy atom. The maximum absolute atomic E-state index is 12.1. The Morgan fingerprint density at radius 2 is 1.73 bits per heavy atom. The predicted molar refractivity (Wildman–Crippen MR) is 105 cm³/mol. The first kappa shape index (κ1) is 16.6. The lowest BCUT2D eigenvalue weighted by atomic mass is 10.2. The van der Waals surface area contributed by atoms with E-state index in [0.717, 1.165) is 35.0 Å². The second-order valence-electron chi connectivity index (χ2n) is 5.99. The number of oxime groups is 1. The van der Waals surface area contributed by atoms with Gasteiger partial charge in [0.15, 0.2) is 5.04 Å². The molecule has 0 aliphatic carbocycles. The minimum Gasteiger partial charge on any atom is -0.372 e. The van der Waals surface area contributed by atoms with Gasteiger partial charge in [-0.15, -0.1) is 0 Å². The molecule has 0 unspecified atom stereocenters. The summed E-state index contributed by atoms with van der Waals surface area (Å²) in [5.74, 6) is -0.463. The molecule has 130 valence electrons. The second-order valence-corrected chi connectivity index (χ2v) is 6.97. The normalized spacial score (nSPS) is 19.3. The molecular formula is C20H17N3O2S. The van der Waals surface area contributed by atoms with E-state index in [9.17, 15) is 4.79 Å². The molecule has 0 bridgehead atoms. The van der Waals surface area contributed by atoms with Gasteiger partial charge in [0.05, 0.1) is 16.9 Å². The number of para-hydroxylation sites is 1. The number of rotatable bonds is 3. The molecule has 2 heterocycles. The van der Waals surface area contributed by atoms with Crippen LogP contribution in [0.25, 0.3) is 0 Å². The van der Waals surface area contributed by atoms with Crippen LogP contribution in [0.3, 0.4) is 0 Å². The van der Waals surface area contributed by atoms with E-state index in [1.165, 1.54) is 11.8 Å². The van der Waals surface area contributed by atoms with Gasteiger partial charge >= 0.3 is 5.97 Å². The molecule has 2 aliphatic rings. The molecule has 2 aliphatic heterocycles. The number of aliphatic imine (C=N–C) groups is 1. The van der Waals surface area contributed by atoms with Crippen molar-refractivity contribution < 1.29 is 9.63 Å². The third kappa shape index (κ3) is 3.28. The van der Waals surface area contributed by atoms with Crippen LogP contribution in [0.1, 0.15) is 16.8 Å². The van der Waals surface area contributed by atoms with Crippen LogP contribution < -0.4 is 0 Å². The topological polar surface area (TPSA) is 54.3 Å². The molecule has 6 heteroatoms. The van der Waals surface area contributed by atoms with Crippen molar-refractivity contribution >= 4 is 33.5 Å². The first-order chi connectivity index (χ1) is 12.7. The summed E-state index contributed by atoms with van der Waals surface area (Å²) >= 11 is 1.45. The average molecular weight is 363 g/mol. The quantitative estimate of drug-likeness (QED) is 0.605. The van der Waals surface area contributed by atoms with Crippen LogP contribution in [0, 0.1) is 0 Å². The standard InChI is InChI=1S/C20H17N3O2S/c1-23-13-12-16-17(23)19(22-25-20(24)14-8-4-2-5-9-14)26-18(16)21-15-10-6-3-7-11-15/h2-11H,12-13H2,1H3/b21-18?,22-19+. The predicted octanol–water partition coefficient (Wildman–Crippen LogP) is 4.22. The van der Waals surface area contributed by atoms with Gasteiger partial charge in [-0.1, -0.05) is 41.6 Å². The monoisotopic (exact) mass is 363 g/mol.